The zero-order chi connectivity index (χ0) is 11.9. The third-order valence-corrected chi connectivity index (χ3v) is 3.91. The first-order chi connectivity index (χ1) is 8.92. The minimum Gasteiger partial charge on any atom is -0.0795 e. The molecule has 0 atom stereocenters. The molecule has 0 aliphatic heterocycles. The molecule has 18 heavy (non-hydrogen) atoms. The normalized spacial score (nSPS) is 14.9. The Kier molecular flexibility index (Phi) is 2.04. The Hall–Kier alpha value is -2.08. The monoisotopic (exact) mass is 230 g/mol. The van der Waals surface area contributed by atoms with E-state index >= 15 is 0 Å². The molecule has 0 saturated heterocycles. The van der Waals surface area contributed by atoms with E-state index in [9.17, 15) is 0 Å². The molecule has 86 valence electrons. The summed E-state index contributed by atoms with van der Waals surface area (Å²) in [7, 11) is 0. The number of hydrogen-bond acceptors (Lipinski definition) is 0. The van der Waals surface area contributed by atoms with Crippen molar-refractivity contribution in [3.63, 3.8) is 0 Å². The van der Waals surface area contributed by atoms with Crippen molar-refractivity contribution in [1.82, 2.24) is 0 Å². The second-order valence-electron chi connectivity index (χ2n) is 5.00. The van der Waals surface area contributed by atoms with Crippen molar-refractivity contribution in [3.8, 4) is 11.1 Å². The predicted molar refractivity (Wildman–Crippen MR) is 77.4 cm³/mol. The molecule has 4 rings (SSSR count). The van der Waals surface area contributed by atoms with Gasteiger partial charge in [-0.1, -0.05) is 54.6 Å². The molecule has 0 saturated carbocycles. The molecule has 0 nitrogen and oxygen atoms in total. The van der Waals surface area contributed by atoms with Crippen LogP contribution in [0.5, 0.6) is 0 Å². The topological polar surface area (TPSA) is 0 Å². The molecular weight excluding hydrogens is 216 g/mol. The molecule has 0 heterocycles. The Morgan fingerprint density at radius 2 is 1.67 bits per heavy atom. The molecule has 0 bridgehead atoms. The van der Waals surface area contributed by atoms with Crippen LogP contribution in [0.4, 0.5) is 0 Å². The molecule has 0 amide bonds. The van der Waals surface area contributed by atoms with E-state index in [0.29, 0.717) is 0 Å². The highest BCUT2D eigenvalue weighted by Crippen LogP contribution is 2.33. The summed E-state index contributed by atoms with van der Waals surface area (Å²) >= 11 is 0. The largest absolute Gasteiger partial charge is 0.0795 e. The summed E-state index contributed by atoms with van der Waals surface area (Å²) in [5.41, 5.74) is 8.38. The standard InChI is InChI=1S/C18H14/c1-4-13-10-11-16(12-15(13)7-1)18-9-3-6-14-5-2-8-17(14)18/h1-3,6-12H,4-5H2. The zero-order valence-corrected chi connectivity index (χ0v) is 10.2. The molecule has 0 unspecified atom stereocenters. The maximum absolute atomic E-state index is 2.32. The summed E-state index contributed by atoms with van der Waals surface area (Å²) in [4.78, 5) is 0. The number of allylic oxidation sites excluding steroid dienone is 2. The van der Waals surface area contributed by atoms with E-state index in [1.807, 2.05) is 0 Å². The van der Waals surface area contributed by atoms with Crippen molar-refractivity contribution in [3.05, 3.63) is 70.8 Å². The smallest absolute Gasteiger partial charge is 0.00879 e. The molecule has 0 fully saturated rings. The summed E-state index contributed by atoms with van der Waals surface area (Å²) in [6.45, 7) is 0. The second-order valence-corrected chi connectivity index (χ2v) is 5.00. The van der Waals surface area contributed by atoms with Gasteiger partial charge in [-0.05, 0) is 52.3 Å². The third-order valence-electron chi connectivity index (χ3n) is 3.91. The van der Waals surface area contributed by atoms with Gasteiger partial charge in [0.15, 0.2) is 0 Å². The Morgan fingerprint density at radius 3 is 2.67 bits per heavy atom. The highest BCUT2D eigenvalue weighted by molar-refractivity contribution is 5.81. The SMILES string of the molecule is C1=Cc2cc(-c3cccc4c3C=CC4)ccc2C1. The lowest BCUT2D eigenvalue weighted by molar-refractivity contribution is 1.30. The lowest BCUT2D eigenvalue weighted by atomic mass is 9.95. The average molecular weight is 230 g/mol. The van der Waals surface area contributed by atoms with Gasteiger partial charge in [0.05, 0.1) is 0 Å². The molecule has 2 aromatic rings. The summed E-state index contributed by atoms with van der Waals surface area (Å²) in [5.74, 6) is 0. The molecule has 0 spiro atoms. The summed E-state index contributed by atoms with van der Waals surface area (Å²) in [6, 6.07) is 13.5. The van der Waals surface area contributed by atoms with E-state index in [1.165, 1.54) is 33.4 Å². The molecule has 2 aliphatic carbocycles. The highest BCUT2D eigenvalue weighted by atomic mass is 14.2. The van der Waals surface area contributed by atoms with Crippen molar-refractivity contribution in [1.29, 1.82) is 0 Å². The second kappa shape index (κ2) is 3.71. The lowest BCUT2D eigenvalue weighted by Crippen LogP contribution is -1.89. The first kappa shape index (κ1) is 9.90. The van der Waals surface area contributed by atoms with E-state index in [0.717, 1.165) is 12.8 Å². The van der Waals surface area contributed by atoms with E-state index in [4.69, 9.17) is 0 Å². The van der Waals surface area contributed by atoms with Gasteiger partial charge in [0.2, 0.25) is 0 Å². The molecule has 0 aromatic heterocycles. The third kappa shape index (κ3) is 1.39. The van der Waals surface area contributed by atoms with E-state index < -0.39 is 0 Å². The van der Waals surface area contributed by atoms with Gasteiger partial charge in [-0.25, -0.2) is 0 Å². The lowest BCUT2D eigenvalue weighted by Gasteiger charge is -2.09. The van der Waals surface area contributed by atoms with Gasteiger partial charge >= 0.3 is 0 Å². The van der Waals surface area contributed by atoms with Crippen molar-refractivity contribution < 1.29 is 0 Å². The molecule has 0 N–H and O–H groups in total. The summed E-state index contributed by atoms with van der Waals surface area (Å²) in [5, 5.41) is 0. The highest BCUT2D eigenvalue weighted by Gasteiger charge is 2.12. The van der Waals surface area contributed by atoms with E-state index in [-0.39, 0.29) is 0 Å². The predicted octanol–water partition coefficient (Wildman–Crippen LogP) is 4.49. The van der Waals surface area contributed by atoms with Crippen LogP contribution in [0, 0.1) is 0 Å². The molecule has 2 aliphatic rings. The molecule has 2 aromatic carbocycles. The Labute approximate surface area is 107 Å². The van der Waals surface area contributed by atoms with Crippen LogP contribution >= 0.6 is 0 Å². The van der Waals surface area contributed by atoms with Crippen LogP contribution < -0.4 is 0 Å². The first-order valence-corrected chi connectivity index (χ1v) is 6.50. The van der Waals surface area contributed by atoms with Crippen LogP contribution in [0.1, 0.15) is 22.3 Å². The average Bonchev–Trinajstić information content (AvgIpc) is 3.05. The number of rotatable bonds is 1. The van der Waals surface area contributed by atoms with Crippen molar-refractivity contribution >= 4 is 12.2 Å². The van der Waals surface area contributed by atoms with Crippen LogP contribution in [0.15, 0.2) is 48.6 Å². The first-order valence-electron chi connectivity index (χ1n) is 6.50. The van der Waals surface area contributed by atoms with Crippen LogP contribution in [0.2, 0.25) is 0 Å². The van der Waals surface area contributed by atoms with Gasteiger partial charge in [-0.3, -0.25) is 0 Å². The Bertz CT molecular complexity index is 687. The van der Waals surface area contributed by atoms with Crippen molar-refractivity contribution in [2.45, 2.75) is 12.8 Å². The minimum atomic E-state index is 1.08. The van der Waals surface area contributed by atoms with Crippen LogP contribution in [0.3, 0.4) is 0 Å². The van der Waals surface area contributed by atoms with E-state index in [1.54, 1.807) is 0 Å². The van der Waals surface area contributed by atoms with Gasteiger partial charge in [0, 0.05) is 0 Å². The maximum atomic E-state index is 2.32. The van der Waals surface area contributed by atoms with Gasteiger partial charge in [-0.2, -0.15) is 0 Å². The minimum absolute atomic E-state index is 1.08. The Morgan fingerprint density at radius 1 is 0.778 bits per heavy atom. The number of fused-ring (bicyclic) bond motifs is 2. The van der Waals surface area contributed by atoms with Crippen LogP contribution in [0.25, 0.3) is 23.3 Å². The summed E-state index contributed by atoms with van der Waals surface area (Å²) < 4.78 is 0. The fraction of sp³-hybridized carbons (Fsp3) is 0.111. The molecule has 0 radical (unpaired) electrons. The Balaban J connectivity index is 1.91. The van der Waals surface area contributed by atoms with Crippen molar-refractivity contribution in [2.24, 2.45) is 0 Å². The number of hydrogen-bond donors (Lipinski definition) is 0. The zero-order valence-electron chi connectivity index (χ0n) is 10.2. The van der Waals surface area contributed by atoms with Gasteiger partial charge in [0.25, 0.3) is 0 Å². The van der Waals surface area contributed by atoms with Crippen molar-refractivity contribution in [2.75, 3.05) is 0 Å². The van der Waals surface area contributed by atoms with Crippen LogP contribution in [-0.2, 0) is 12.8 Å². The molecule has 0 heteroatoms. The quantitative estimate of drug-likeness (QED) is 0.677. The van der Waals surface area contributed by atoms with Gasteiger partial charge in [0.1, 0.15) is 0 Å². The van der Waals surface area contributed by atoms with E-state index in [2.05, 4.69) is 60.7 Å². The van der Waals surface area contributed by atoms with Crippen LogP contribution in [-0.4, -0.2) is 0 Å². The fourth-order valence-corrected chi connectivity index (χ4v) is 2.96. The fourth-order valence-electron chi connectivity index (χ4n) is 2.96. The number of benzene rings is 2. The molecular formula is C18H14. The van der Waals surface area contributed by atoms with Gasteiger partial charge in [-0.15, -0.1) is 0 Å². The summed E-state index contributed by atoms with van der Waals surface area (Å²) in [6.07, 6.45) is 11.1. The maximum Gasteiger partial charge on any atom is -0.00879 e. The van der Waals surface area contributed by atoms with Gasteiger partial charge < -0.3 is 0 Å².